The fraction of sp³-hybridized carbons (Fsp3) is 1.00. The van der Waals surface area contributed by atoms with Crippen LogP contribution in [0.1, 0.15) is 58.3 Å². The van der Waals surface area contributed by atoms with Gasteiger partial charge in [-0.1, -0.05) is 6.92 Å². The van der Waals surface area contributed by atoms with Crippen LogP contribution in [-0.4, -0.2) is 30.5 Å². The monoisotopic (exact) mass is 253 g/mol. The molecule has 3 aliphatic rings. The zero-order chi connectivity index (χ0) is 12.6. The van der Waals surface area contributed by atoms with Crippen molar-refractivity contribution >= 4 is 0 Å². The van der Waals surface area contributed by atoms with E-state index in [2.05, 4.69) is 6.92 Å². The van der Waals surface area contributed by atoms with Crippen molar-refractivity contribution in [3.05, 3.63) is 0 Å². The molecule has 0 radical (unpaired) electrons. The van der Waals surface area contributed by atoms with Crippen molar-refractivity contribution in [2.75, 3.05) is 13.2 Å². The van der Waals surface area contributed by atoms with E-state index < -0.39 is 0 Å². The molecule has 3 heteroatoms. The molecule has 3 atom stereocenters. The highest BCUT2D eigenvalue weighted by Gasteiger charge is 2.46. The Bertz CT molecular complexity index is 303. The van der Waals surface area contributed by atoms with E-state index in [-0.39, 0.29) is 11.2 Å². The van der Waals surface area contributed by atoms with Crippen molar-refractivity contribution in [3.63, 3.8) is 0 Å². The second-order valence-electron chi connectivity index (χ2n) is 6.85. The van der Waals surface area contributed by atoms with Crippen LogP contribution in [0.4, 0.5) is 0 Å². The normalized spacial score (nSPS) is 43.0. The molecule has 18 heavy (non-hydrogen) atoms. The minimum atomic E-state index is -0.0215. The smallest absolute Gasteiger partial charge is 0.0810 e. The maximum Gasteiger partial charge on any atom is 0.0810 e. The summed E-state index contributed by atoms with van der Waals surface area (Å²) in [5.41, 5.74) is 6.17. The molecule has 0 aromatic rings. The maximum atomic E-state index is 6.49. The van der Waals surface area contributed by atoms with Gasteiger partial charge in [0.05, 0.1) is 17.3 Å². The standard InChI is InChI=1S/C15H27NO2/c1-12-3-7-15(9-12,11-16)18-13-4-8-17-14(10-13)5-2-6-14/h12-13H,2-11,16H2,1H3. The lowest BCUT2D eigenvalue weighted by molar-refractivity contribution is -0.195. The van der Waals surface area contributed by atoms with Crippen LogP contribution in [0.5, 0.6) is 0 Å². The molecule has 0 bridgehead atoms. The summed E-state index contributed by atoms with van der Waals surface area (Å²) in [6.07, 6.45) is 9.90. The molecule has 104 valence electrons. The molecule has 1 spiro atoms. The number of hydrogen-bond acceptors (Lipinski definition) is 3. The van der Waals surface area contributed by atoms with Gasteiger partial charge in [0.2, 0.25) is 0 Å². The van der Waals surface area contributed by atoms with Crippen molar-refractivity contribution in [3.8, 4) is 0 Å². The summed E-state index contributed by atoms with van der Waals surface area (Å²) in [7, 11) is 0. The number of ether oxygens (including phenoxy) is 2. The van der Waals surface area contributed by atoms with Crippen LogP contribution in [0, 0.1) is 5.92 Å². The Balaban J connectivity index is 1.61. The first-order chi connectivity index (χ1) is 8.65. The molecular formula is C15H27NO2. The maximum absolute atomic E-state index is 6.49. The van der Waals surface area contributed by atoms with Crippen LogP contribution < -0.4 is 5.73 Å². The summed E-state index contributed by atoms with van der Waals surface area (Å²) >= 11 is 0. The van der Waals surface area contributed by atoms with Crippen molar-refractivity contribution < 1.29 is 9.47 Å². The predicted octanol–water partition coefficient (Wildman–Crippen LogP) is 2.62. The van der Waals surface area contributed by atoms with E-state index in [1.54, 1.807) is 0 Å². The van der Waals surface area contributed by atoms with Crippen LogP contribution in [0.25, 0.3) is 0 Å². The van der Waals surface area contributed by atoms with E-state index in [1.807, 2.05) is 0 Å². The topological polar surface area (TPSA) is 44.5 Å². The van der Waals surface area contributed by atoms with E-state index in [0.29, 0.717) is 12.6 Å². The average Bonchev–Trinajstić information content (AvgIpc) is 2.70. The third-order valence-electron chi connectivity index (χ3n) is 5.31. The largest absolute Gasteiger partial charge is 0.375 e. The molecule has 3 rings (SSSR count). The Kier molecular flexibility index (Phi) is 3.41. The van der Waals surface area contributed by atoms with E-state index in [4.69, 9.17) is 15.2 Å². The van der Waals surface area contributed by atoms with Crippen molar-refractivity contribution in [2.45, 2.75) is 75.6 Å². The first-order valence-electron chi connectivity index (χ1n) is 7.67. The molecular weight excluding hydrogens is 226 g/mol. The van der Waals surface area contributed by atoms with Gasteiger partial charge in [-0.15, -0.1) is 0 Å². The zero-order valence-corrected chi connectivity index (χ0v) is 11.6. The van der Waals surface area contributed by atoms with Crippen molar-refractivity contribution in [1.82, 2.24) is 0 Å². The van der Waals surface area contributed by atoms with Crippen LogP contribution in [0.15, 0.2) is 0 Å². The van der Waals surface area contributed by atoms with Gasteiger partial charge in [0, 0.05) is 19.6 Å². The van der Waals surface area contributed by atoms with E-state index in [1.165, 1.54) is 25.7 Å². The minimum absolute atomic E-state index is 0.0215. The SMILES string of the molecule is CC1CCC(CN)(OC2CCOC3(CCC3)C2)C1. The second kappa shape index (κ2) is 4.77. The third kappa shape index (κ3) is 2.33. The predicted molar refractivity (Wildman–Crippen MR) is 71.4 cm³/mol. The van der Waals surface area contributed by atoms with Crippen LogP contribution in [0.3, 0.4) is 0 Å². The van der Waals surface area contributed by atoms with Gasteiger partial charge < -0.3 is 15.2 Å². The highest BCUT2D eigenvalue weighted by atomic mass is 16.5. The zero-order valence-electron chi connectivity index (χ0n) is 11.6. The lowest BCUT2D eigenvalue weighted by atomic mass is 9.74. The van der Waals surface area contributed by atoms with Crippen molar-refractivity contribution in [1.29, 1.82) is 0 Å². The first kappa shape index (κ1) is 12.9. The molecule has 2 saturated carbocycles. The summed E-state index contributed by atoms with van der Waals surface area (Å²) < 4.78 is 12.5. The molecule has 3 fully saturated rings. The molecule has 1 heterocycles. The third-order valence-corrected chi connectivity index (χ3v) is 5.31. The van der Waals surface area contributed by atoms with Gasteiger partial charge in [-0.05, 0) is 50.9 Å². The van der Waals surface area contributed by atoms with Crippen LogP contribution >= 0.6 is 0 Å². The molecule has 0 aromatic heterocycles. The van der Waals surface area contributed by atoms with Gasteiger partial charge in [-0.2, -0.15) is 0 Å². The van der Waals surface area contributed by atoms with E-state index in [9.17, 15) is 0 Å². The Morgan fingerprint density at radius 2 is 2.06 bits per heavy atom. The van der Waals surface area contributed by atoms with Gasteiger partial charge in [0.1, 0.15) is 0 Å². The van der Waals surface area contributed by atoms with Gasteiger partial charge >= 0.3 is 0 Å². The fourth-order valence-corrected chi connectivity index (χ4v) is 4.05. The van der Waals surface area contributed by atoms with Gasteiger partial charge in [-0.3, -0.25) is 0 Å². The highest BCUT2D eigenvalue weighted by Crippen LogP contribution is 2.45. The summed E-state index contributed by atoms with van der Waals surface area (Å²) in [5.74, 6) is 0.769. The number of nitrogens with two attached hydrogens (primary N) is 1. The molecule has 2 aliphatic carbocycles. The molecule has 0 aromatic carbocycles. The van der Waals surface area contributed by atoms with Gasteiger partial charge in [-0.25, -0.2) is 0 Å². The Morgan fingerprint density at radius 1 is 1.22 bits per heavy atom. The summed E-state index contributed by atoms with van der Waals surface area (Å²) in [4.78, 5) is 0. The first-order valence-corrected chi connectivity index (χ1v) is 7.67. The number of rotatable bonds is 3. The Morgan fingerprint density at radius 3 is 2.61 bits per heavy atom. The van der Waals surface area contributed by atoms with Gasteiger partial charge in [0.15, 0.2) is 0 Å². The Hall–Kier alpha value is -0.120. The molecule has 0 amide bonds. The van der Waals surface area contributed by atoms with Crippen LogP contribution in [0.2, 0.25) is 0 Å². The average molecular weight is 253 g/mol. The quantitative estimate of drug-likeness (QED) is 0.841. The summed E-state index contributed by atoms with van der Waals surface area (Å²) in [6, 6.07) is 0. The molecule has 2 N–H and O–H groups in total. The summed E-state index contributed by atoms with van der Waals surface area (Å²) in [5, 5.41) is 0. The second-order valence-corrected chi connectivity index (χ2v) is 6.85. The fourth-order valence-electron chi connectivity index (χ4n) is 4.05. The molecule has 3 nitrogen and oxygen atoms in total. The van der Waals surface area contributed by atoms with Gasteiger partial charge in [0.25, 0.3) is 0 Å². The molecule has 1 aliphatic heterocycles. The van der Waals surface area contributed by atoms with Crippen LogP contribution in [-0.2, 0) is 9.47 Å². The lowest BCUT2D eigenvalue weighted by Crippen LogP contribution is -2.51. The Labute approximate surface area is 110 Å². The minimum Gasteiger partial charge on any atom is -0.375 e. The lowest BCUT2D eigenvalue weighted by Gasteiger charge is -2.48. The van der Waals surface area contributed by atoms with Crippen molar-refractivity contribution in [2.24, 2.45) is 11.7 Å². The molecule has 3 unspecified atom stereocenters. The highest BCUT2D eigenvalue weighted by molar-refractivity contribution is 4.97. The van der Waals surface area contributed by atoms with E-state index in [0.717, 1.165) is 38.2 Å². The number of hydrogen-bond donors (Lipinski definition) is 1. The van der Waals surface area contributed by atoms with E-state index >= 15 is 0 Å². The molecule has 1 saturated heterocycles. The summed E-state index contributed by atoms with van der Waals surface area (Å²) in [6.45, 7) is 3.88.